The first-order chi connectivity index (χ1) is 16.6. The van der Waals surface area contributed by atoms with Gasteiger partial charge in [0.2, 0.25) is 0 Å². The predicted molar refractivity (Wildman–Crippen MR) is 125 cm³/mol. The molecular weight excluding hydrogens is 463 g/mol. The monoisotopic (exact) mass is 495 g/mol. The zero-order valence-corrected chi connectivity index (χ0v) is 19.6. The fourth-order valence-corrected chi connectivity index (χ4v) is 3.78. The molecule has 0 atom stereocenters. The van der Waals surface area contributed by atoms with Crippen molar-refractivity contribution in [3.05, 3.63) is 65.2 Å². The van der Waals surface area contributed by atoms with Crippen LogP contribution in [0.15, 0.2) is 48.5 Å². The lowest BCUT2D eigenvalue weighted by molar-refractivity contribution is -0.192. The topological polar surface area (TPSA) is 87.1 Å². The average Bonchev–Trinajstić information content (AvgIpc) is 3.02. The summed E-state index contributed by atoms with van der Waals surface area (Å²) in [5.74, 6) is -2.52. The Labute approximate surface area is 203 Å². The van der Waals surface area contributed by atoms with Crippen molar-refractivity contribution < 1.29 is 37.7 Å². The van der Waals surface area contributed by atoms with Gasteiger partial charge in [-0.2, -0.15) is 13.2 Å². The Hall–Kier alpha value is -3.07. The summed E-state index contributed by atoms with van der Waals surface area (Å²) >= 11 is 0. The third kappa shape index (κ3) is 11.3. The number of benzene rings is 2. The molecular formula is C26H32F3NO5. The van der Waals surface area contributed by atoms with Crippen molar-refractivity contribution in [2.24, 2.45) is 0 Å². The zero-order chi connectivity index (χ0) is 25.7. The van der Waals surface area contributed by atoms with Gasteiger partial charge in [-0.05, 0) is 73.9 Å². The standard InChI is InChI=1S/C24H31NO3.C2HF3O2/c26-24(27)14-16-25-15-7-11-21-18-23(13-12-22(21)19-25)28-17-6-2-5-10-20-8-3-1-4-9-20;3-2(4,5)1(6)7/h1,3-4,8-9,12-13,18H,2,5-7,10-11,14-17,19H2,(H,26,27);(H,6,7). The molecule has 2 N–H and O–H groups in total. The summed E-state index contributed by atoms with van der Waals surface area (Å²) in [5, 5.41) is 16.0. The lowest BCUT2D eigenvalue weighted by Gasteiger charge is -2.19. The first kappa shape index (κ1) is 28.2. The maximum Gasteiger partial charge on any atom is 0.490 e. The highest BCUT2D eigenvalue weighted by atomic mass is 19.4. The van der Waals surface area contributed by atoms with Crippen LogP contribution in [0.2, 0.25) is 0 Å². The third-order valence-electron chi connectivity index (χ3n) is 5.60. The molecule has 0 saturated carbocycles. The van der Waals surface area contributed by atoms with Gasteiger partial charge in [-0.1, -0.05) is 36.4 Å². The van der Waals surface area contributed by atoms with Crippen LogP contribution in [0.1, 0.15) is 48.8 Å². The minimum atomic E-state index is -5.08. The SMILES string of the molecule is O=C(O)C(F)(F)F.O=C(O)CCN1CCCc2cc(OCCCCCc3ccccc3)ccc2C1. The van der Waals surface area contributed by atoms with Crippen LogP contribution in [0.5, 0.6) is 5.75 Å². The van der Waals surface area contributed by atoms with Crippen LogP contribution in [0.25, 0.3) is 0 Å². The van der Waals surface area contributed by atoms with Crippen molar-refractivity contribution in [1.29, 1.82) is 0 Å². The number of aryl methyl sites for hydroxylation is 2. The molecule has 0 amide bonds. The average molecular weight is 496 g/mol. The Morgan fingerprint density at radius 2 is 1.69 bits per heavy atom. The summed E-state index contributed by atoms with van der Waals surface area (Å²) in [6.07, 6.45) is 1.82. The van der Waals surface area contributed by atoms with Crippen molar-refractivity contribution in [3.63, 3.8) is 0 Å². The van der Waals surface area contributed by atoms with E-state index in [-0.39, 0.29) is 6.42 Å². The number of fused-ring (bicyclic) bond motifs is 1. The second-order valence-corrected chi connectivity index (χ2v) is 8.40. The van der Waals surface area contributed by atoms with E-state index in [9.17, 15) is 18.0 Å². The van der Waals surface area contributed by atoms with E-state index in [0.717, 1.165) is 51.1 Å². The van der Waals surface area contributed by atoms with Crippen molar-refractivity contribution in [2.75, 3.05) is 19.7 Å². The molecule has 0 saturated heterocycles. The number of unbranched alkanes of at least 4 members (excludes halogenated alkanes) is 2. The third-order valence-corrected chi connectivity index (χ3v) is 5.60. The number of hydrogen-bond donors (Lipinski definition) is 2. The normalized spacial score (nSPS) is 13.7. The first-order valence-electron chi connectivity index (χ1n) is 11.7. The van der Waals surface area contributed by atoms with E-state index in [0.29, 0.717) is 6.54 Å². The van der Waals surface area contributed by atoms with Crippen molar-refractivity contribution >= 4 is 11.9 Å². The highest BCUT2D eigenvalue weighted by molar-refractivity contribution is 5.73. The number of carbonyl (C=O) groups is 2. The zero-order valence-electron chi connectivity index (χ0n) is 19.6. The number of carboxylic acids is 2. The molecule has 1 aliphatic rings. The lowest BCUT2D eigenvalue weighted by Crippen LogP contribution is -2.26. The van der Waals surface area contributed by atoms with Gasteiger partial charge in [0, 0.05) is 13.1 Å². The maximum atomic E-state index is 10.8. The Bertz CT molecular complexity index is 934. The minimum absolute atomic E-state index is 0.209. The molecule has 0 radical (unpaired) electrons. The van der Waals surface area contributed by atoms with Gasteiger partial charge in [-0.25, -0.2) is 4.79 Å². The van der Waals surface area contributed by atoms with Gasteiger partial charge in [0.05, 0.1) is 13.0 Å². The predicted octanol–water partition coefficient (Wildman–Crippen LogP) is 5.33. The Morgan fingerprint density at radius 1 is 0.971 bits per heavy atom. The van der Waals surface area contributed by atoms with Gasteiger partial charge < -0.3 is 14.9 Å². The maximum absolute atomic E-state index is 10.8. The summed E-state index contributed by atoms with van der Waals surface area (Å²) in [5.41, 5.74) is 4.06. The number of nitrogens with zero attached hydrogens (tertiary/aromatic N) is 1. The van der Waals surface area contributed by atoms with E-state index >= 15 is 0 Å². The molecule has 0 unspecified atom stereocenters. The summed E-state index contributed by atoms with van der Waals surface area (Å²) in [4.78, 5) is 22.0. The fourth-order valence-electron chi connectivity index (χ4n) is 3.78. The molecule has 2 aromatic rings. The molecule has 0 aliphatic carbocycles. The second kappa shape index (κ2) is 14.4. The molecule has 9 heteroatoms. The number of rotatable bonds is 10. The molecule has 3 rings (SSSR count). The molecule has 0 aromatic heterocycles. The number of alkyl halides is 3. The molecule has 1 heterocycles. The molecule has 0 fully saturated rings. The quantitative estimate of drug-likeness (QED) is 0.433. The van der Waals surface area contributed by atoms with Gasteiger partial charge in [-0.3, -0.25) is 9.69 Å². The van der Waals surface area contributed by atoms with Crippen molar-refractivity contribution in [1.82, 2.24) is 4.90 Å². The van der Waals surface area contributed by atoms with Crippen molar-refractivity contribution in [2.45, 2.75) is 57.7 Å². The number of carboxylic acid groups (broad SMARTS) is 2. The van der Waals surface area contributed by atoms with Crippen molar-refractivity contribution in [3.8, 4) is 5.75 Å². The second-order valence-electron chi connectivity index (χ2n) is 8.40. The Balaban J connectivity index is 0.000000540. The minimum Gasteiger partial charge on any atom is -0.494 e. The summed E-state index contributed by atoms with van der Waals surface area (Å²) in [7, 11) is 0. The first-order valence-corrected chi connectivity index (χ1v) is 11.7. The highest BCUT2D eigenvalue weighted by Gasteiger charge is 2.38. The number of halogens is 3. The van der Waals surface area contributed by atoms with Gasteiger partial charge in [0.15, 0.2) is 0 Å². The van der Waals surface area contributed by atoms with Gasteiger partial charge in [-0.15, -0.1) is 0 Å². The van der Waals surface area contributed by atoms with Crippen LogP contribution in [-0.2, 0) is 29.0 Å². The summed E-state index contributed by atoms with van der Waals surface area (Å²) in [6.45, 7) is 3.18. The van der Waals surface area contributed by atoms with Gasteiger partial charge in [0.1, 0.15) is 5.75 Å². The number of hydrogen-bond acceptors (Lipinski definition) is 4. The van der Waals surface area contributed by atoms with Gasteiger partial charge >= 0.3 is 18.1 Å². The van der Waals surface area contributed by atoms with Crippen LogP contribution in [0.4, 0.5) is 13.2 Å². The van der Waals surface area contributed by atoms with Crippen LogP contribution < -0.4 is 4.74 Å². The largest absolute Gasteiger partial charge is 0.494 e. The van der Waals surface area contributed by atoms with E-state index in [1.54, 1.807) is 0 Å². The Morgan fingerprint density at radius 3 is 2.34 bits per heavy atom. The lowest BCUT2D eigenvalue weighted by atomic mass is 10.0. The van der Waals surface area contributed by atoms with Crippen LogP contribution >= 0.6 is 0 Å². The van der Waals surface area contributed by atoms with E-state index in [2.05, 4.69) is 53.4 Å². The molecule has 192 valence electrons. The summed E-state index contributed by atoms with van der Waals surface area (Å²) in [6, 6.07) is 17.0. The number of ether oxygens (including phenoxy) is 1. The molecule has 0 bridgehead atoms. The molecule has 1 aliphatic heterocycles. The van der Waals surface area contributed by atoms with Gasteiger partial charge in [0.25, 0.3) is 0 Å². The molecule has 2 aromatic carbocycles. The van der Waals surface area contributed by atoms with E-state index in [4.69, 9.17) is 19.7 Å². The smallest absolute Gasteiger partial charge is 0.490 e. The van der Waals surface area contributed by atoms with Crippen LogP contribution in [-0.4, -0.2) is 52.9 Å². The molecule has 6 nitrogen and oxygen atoms in total. The molecule has 35 heavy (non-hydrogen) atoms. The van der Waals surface area contributed by atoms with E-state index < -0.39 is 18.1 Å². The Kier molecular flexibility index (Phi) is 11.6. The summed E-state index contributed by atoms with van der Waals surface area (Å²) < 4.78 is 37.7. The fraction of sp³-hybridized carbons (Fsp3) is 0.462. The van der Waals surface area contributed by atoms with E-state index in [1.165, 1.54) is 29.5 Å². The van der Waals surface area contributed by atoms with E-state index in [1.807, 2.05) is 0 Å². The van der Waals surface area contributed by atoms with Crippen LogP contribution in [0, 0.1) is 0 Å². The van der Waals surface area contributed by atoms with Crippen LogP contribution in [0.3, 0.4) is 0 Å². The number of aliphatic carboxylic acids is 2. The highest BCUT2D eigenvalue weighted by Crippen LogP contribution is 2.24. The molecule has 0 spiro atoms.